The van der Waals surface area contributed by atoms with E-state index >= 15 is 0 Å². The highest BCUT2D eigenvalue weighted by Crippen LogP contribution is 2.16. The molecule has 1 aromatic rings. The first-order valence-corrected chi connectivity index (χ1v) is 13.1. The van der Waals surface area contributed by atoms with Crippen molar-refractivity contribution in [2.75, 3.05) is 6.54 Å². The fourth-order valence-electron chi connectivity index (χ4n) is 3.08. The van der Waals surface area contributed by atoms with Gasteiger partial charge in [-0.15, -0.1) is 6.58 Å². The number of unbranched alkanes of at least 4 members (excludes halogenated alkanes) is 1. The van der Waals surface area contributed by atoms with Crippen LogP contribution in [0.1, 0.15) is 66.4 Å². The zero-order chi connectivity index (χ0) is 28.8. The van der Waals surface area contributed by atoms with Crippen molar-refractivity contribution in [2.45, 2.75) is 66.8 Å². The number of hydrogen-bond donors (Lipinski definition) is 2. The smallest absolute Gasteiger partial charge is 0.266 e. The zero-order valence-electron chi connectivity index (χ0n) is 24.2. The van der Waals surface area contributed by atoms with Gasteiger partial charge in [-0.3, -0.25) is 9.78 Å². The third-order valence-corrected chi connectivity index (χ3v) is 4.72. The molecule has 1 amide bonds. The molecule has 0 aliphatic carbocycles. The van der Waals surface area contributed by atoms with Crippen LogP contribution in [-0.2, 0) is 4.79 Å². The second-order valence-corrected chi connectivity index (χ2v) is 9.01. The lowest BCUT2D eigenvalue weighted by Gasteiger charge is -2.16. The second-order valence-electron chi connectivity index (χ2n) is 9.01. The van der Waals surface area contributed by atoms with Crippen molar-refractivity contribution >= 4 is 11.6 Å². The van der Waals surface area contributed by atoms with Gasteiger partial charge in [0.2, 0.25) is 0 Å². The third kappa shape index (κ3) is 15.9. The highest BCUT2D eigenvalue weighted by molar-refractivity contribution is 6.04. The Kier molecular flexibility index (Phi) is 19.0. The summed E-state index contributed by atoms with van der Waals surface area (Å²) in [5, 5.41) is 9.31. The van der Waals surface area contributed by atoms with Crippen molar-refractivity contribution in [3.05, 3.63) is 115 Å². The second kappa shape index (κ2) is 21.2. The predicted molar refractivity (Wildman–Crippen MR) is 164 cm³/mol. The molecule has 206 valence electrons. The minimum Gasteiger partial charge on any atom is -0.403 e. The molecular weight excluding hydrogens is 470 g/mol. The molecule has 1 aliphatic rings. The lowest BCUT2D eigenvalue weighted by Crippen LogP contribution is -2.26. The van der Waals surface area contributed by atoms with Gasteiger partial charge in [-0.25, -0.2) is 5.01 Å². The Morgan fingerprint density at radius 2 is 2.00 bits per heavy atom. The molecule has 0 radical (unpaired) electrons. The largest absolute Gasteiger partial charge is 0.403 e. The number of carbonyl (C=O) groups is 1. The molecule has 0 saturated heterocycles. The highest BCUT2D eigenvalue weighted by Gasteiger charge is 2.18. The molecule has 0 atom stereocenters. The van der Waals surface area contributed by atoms with E-state index in [4.69, 9.17) is 5.73 Å². The fourth-order valence-corrected chi connectivity index (χ4v) is 3.08. The van der Waals surface area contributed by atoms with Crippen LogP contribution in [0.5, 0.6) is 0 Å². The van der Waals surface area contributed by atoms with Crippen LogP contribution < -0.4 is 11.1 Å². The van der Waals surface area contributed by atoms with Gasteiger partial charge in [0.05, 0.1) is 12.3 Å². The van der Waals surface area contributed by atoms with Crippen LogP contribution in [0.3, 0.4) is 0 Å². The average Bonchev–Trinajstić information content (AvgIpc) is 3.03. The van der Waals surface area contributed by atoms with Gasteiger partial charge in [0, 0.05) is 48.4 Å². The number of carbonyl (C=O) groups excluding carboxylic acids is 1. The lowest BCUT2D eigenvalue weighted by atomic mass is 10.1. The maximum atomic E-state index is 12.4. The molecule has 3 N–H and O–H groups in total. The number of rotatable bonds is 10. The standard InChI is InChI=1S/C20H25N3O.C9H16N2.C3H6/c1-4-5-6-7-9-16(2)15-23-20(24)13-17(3)12-19(22-23)18-10-8-11-21-14-18;1-4-5-6-9(7-10)11-8(2)3;1-3-2/h6-11,13-14H,4-5,12,15H2,1-3H3;4-8,11H,1,10H2,2-3H3;3H,1H2,2H3/b7-6-,16-9+;6-5-,9-7-;. The normalized spacial score (nSPS) is 14.2. The maximum Gasteiger partial charge on any atom is 0.266 e. The average molecular weight is 518 g/mol. The third-order valence-electron chi connectivity index (χ3n) is 4.72. The number of nitrogens with one attached hydrogen (secondary N) is 1. The quantitative estimate of drug-likeness (QED) is 0.259. The summed E-state index contributed by atoms with van der Waals surface area (Å²) < 4.78 is 0. The van der Waals surface area contributed by atoms with E-state index in [1.165, 1.54) is 0 Å². The van der Waals surface area contributed by atoms with Crippen LogP contribution in [0.25, 0.3) is 0 Å². The molecule has 0 saturated carbocycles. The zero-order valence-corrected chi connectivity index (χ0v) is 24.2. The van der Waals surface area contributed by atoms with E-state index < -0.39 is 0 Å². The Bertz CT molecular complexity index is 1030. The van der Waals surface area contributed by atoms with Gasteiger partial charge in [-0.1, -0.05) is 67.5 Å². The minimum absolute atomic E-state index is 0.0725. The predicted octanol–water partition coefficient (Wildman–Crippen LogP) is 6.99. The molecule has 0 bridgehead atoms. The van der Waals surface area contributed by atoms with E-state index in [-0.39, 0.29) is 5.91 Å². The van der Waals surface area contributed by atoms with E-state index in [1.807, 2.05) is 57.2 Å². The molecule has 0 unspecified atom stereocenters. The van der Waals surface area contributed by atoms with Crippen molar-refractivity contribution in [3.63, 3.8) is 0 Å². The highest BCUT2D eigenvalue weighted by atomic mass is 16.2. The number of pyridine rings is 1. The van der Waals surface area contributed by atoms with Crippen LogP contribution in [-0.4, -0.2) is 34.2 Å². The topological polar surface area (TPSA) is 83.6 Å². The number of amides is 1. The number of nitrogens with two attached hydrogens (primary N) is 1. The molecular formula is C32H47N5O. The molecule has 0 aromatic carbocycles. The summed E-state index contributed by atoms with van der Waals surface area (Å²) in [4.78, 5) is 16.5. The molecule has 1 aromatic heterocycles. The molecule has 1 aliphatic heterocycles. The van der Waals surface area contributed by atoms with Gasteiger partial charge in [0.15, 0.2) is 0 Å². The maximum absolute atomic E-state index is 12.4. The van der Waals surface area contributed by atoms with Crippen molar-refractivity contribution in [1.29, 1.82) is 0 Å². The van der Waals surface area contributed by atoms with Crippen molar-refractivity contribution in [3.8, 4) is 0 Å². The van der Waals surface area contributed by atoms with Gasteiger partial charge in [0.1, 0.15) is 0 Å². The molecule has 6 heteroatoms. The van der Waals surface area contributed by atoms with E-state index in [9.17, 15) is 4.79 Å². The van der Waals surface area contributed by atoms with E-state index in [0.29, 0.717) is 19.0 Å². The van der Waals surface area contributed by atoms with E-state index in [0.717, 1.165) is 41.0 Å². The van der Waals surface area contributed by atoms with Gasteiger partial charge < -0.3 is 11.1 Å². The first-order chi connectivity index (χ1) is 18.2. The van der Waals surface area contributed by atoms with Crippen molar-refractivity contribution < 1.29 is 4.79 Å². The summed E-state index contributed by atoms with van der Waals surface area (Å²) in [5.41, 5.74) is 10.2. The molecule has 38 heavy (non-hydrogen) atoms. The first-order valence-electron chi connectivity index (χ1n) is 13.1. The number of aromatic nitrogens is 1. The van der Waals surface area contributed by atoms with Crippen LogP contribution >= 0.6 is 0 Å². The van der Waals surface area contributed by atoms with Gasteiger partial charge in [-0.05, 0) is 59.2 Å². The summed E-state index contributed by atoms with van der Waals surface area (Å²) >= 11 is 0. The summed E-state index contributed by atoms with van der Waals surface area (Å²) in [5.74, 6) is -0.0725. The Balaban J connectivity index is 0.000000819. The Morgan fingerprint density at radius 3 is 2.55 bits per heavy atom. The number of hydrogen-bond acceptors (Lipinski definition) is 5. The van der Waals surface area contributed by atoms with Crippen LogP contribution in [0.15, 0.2) is 114 Å². The Morgan fingerprint density at radius 1 is 1.29 bits per heavy atom. The summed E-state index contributed by atoms with van der Waals surface area (Å²) in [6.07, 6.45) is 23.0. The van der Waals surface area contributed by atoms with Gasteiger partial charge in [-0.2, -0.15) is 5.10 Å². The van der Waals surface area contributed by atoms with E-state index in [1.54, 1.807) is 41.8 Å². The first kappa shape index (κ1) is 34.1. The summed E-state index contributed by atoms with van der Waals surface area (Å²) in [6.45, 7) is 19.6. The summed E-state index contributed by atoms with van der Waals surface area (Å²) in [7, 11) is 0. The Hall–Kier alpha value is -3.93. The minimum atomic E-state index is -0.0725. The monoisotopic (exact) mass is 517 g/mol. The molecule has 0 spiro atoms. The van der Waals surface area contributed by atoms with Crippen LogP contribution in [0.2, 0.25) is 0 Å². The van der Waals surface area contributed by atoms with Crippen molar-refractivity contribution in [2.24, 2.45) is 10.8 Å². The van der Waals surface area contributed by atoms with Crippen LogP contribution in [0.4, 0.5) is 0 Å². The number of allylic oxidation sites excluding steroid dienone is 8. The molecule has 0 fully saturated rings. The Labute approximate surface area is 230 Å². The van der Waals surface area contributed by atoms with Gasteiger partial charge in [0.25, 0.3) is 5.91 Å². The van der Waals surface area contributed by atoms with Gasteiger partial charge >= 0.3 is 0 Å². The number of nitrogens with zero attached hydrogens (tertiary/aromatic N) is 3. The summed E-state index contributed by atoms with van der Waals surface area (Å²) in [6, 6.07) is 4.26. The SMILES string of the molecule is C=C/C=C\C(=C\N)NC(C)C.C=CC.CCC/C=C\C=C(/C)CN1N=C(c2cccnc2)CC(C)=CC1=O. The molecule has 6 nitrogen and oxygen atoms in total. The molecule has 2 heterocycles. The van der Waals surface area contributed by atoms with Crippen molar-refractivity contribution in [1.82, 2.24) is 15.3 Å². The lowest BCUT2D eigenvalue weighted by molar-refractivity contribution is -0.125. The van der Waals surface area contributed by atoms with Crippen LogP contribution in [0, 0.1) is 0 Å². The fraction of sp³-hybridized carbons (Fsp3) is 0.344. The number of hydrazone groups is 1. The van der Waals surface area contributed by atoms with E-state index in [2.05, 4.69) is 55.4 Å². The molecule has 2 rings (SSSR count).